The Morgan fingerprint density at radius 1 is 1.26 bits per heavy atom. The second-order valence-electron chi connectivity index (χ2n) is 12.1. The van der Waals surface area contributed by atoms with Crippen molar-refractivity contribution < 1.29 is 32.5 Å². The number of sulfonamides is 1. The summed E-state index contributed by atoms with van der Waals surface area (Å²) in [6.07, 6.45) is 7.57. The Morgan fingerprint density at radius 2 is 2.07 bits per heavy atom. The summed E-state index contributed by atoms with van der Waals surface area (Å²) < 4.78 is 40.2. The van der Waals surface area contributed by atoms with E-state index in [4.69, 9.17) is 31.0 Å². The van der Waals surface area contributed by atoms with Gasteiger partial charge in [0.15, 0.2) is 0 Å². The quantitative estimate of drug-likeness (QED) is 0.294. The van der Waals surface area contributed by atoms with Crippen LogP contribution in [0.3, 0.4) is 0 Å². The lowest BCUT2D eigenvalue weighted by Gasteiger charge is -2.45. The standard InChI is InChI=1S/C32H41ClN2O7S/c1-40-18-25(43(34,38)39)6-3-7-29(36)26-11-8-23(26)17-35-19-32(14-4-5-21-15-24(33)10-12-27(21)32)20-42-30-13-9-22(16-28(30)35)31(37)41-2/h3,7,9-10,12-13,15-16,23,25-26,29,36H,4-6,8,11,14,17-20H2,1-2H3,(H2,34,38,39)/b7-3+/t23-,25-,26+,29-,32-/m0/s1. The van der Waals surface area contributed by atoms with Crippen molar-refractivity contribution in [2.45, 2.75) is 55.3 Å². The molecule has 43 heavy (non-hydrogen) atoms. The van der Waals surface area contributed by atoms with Crippen LogP contribution >= 0.6 is 11.6 Å². The zero-order valence-electron chi connectivity index (χ0n) is 24.7. The maximum Gasteiger partial charge on any atom is 0.337 e. The molecule has 2 aromatic carbocycles. The molecular formula is C32H41ClN2O7S. The predicted molar refractivity (Wildman–Crippen MR) is 166 cm³/mol. The SMILES string of the molecule is COC[C@H](C/C=C/[C@H](O)[C@@H]1CC[C@H]1CN1C[C@@]2(CCCc3cc(Cl)ccc32)COc2ccc(C(=O)OC)cc21)S(N)(=O)=O. The Bertz CT molecular complexity index is 1470. The maximum absolute atomic E-state index is 12.5. The molecule has 1 fully saturated rings. The molecule has 2 aromatic rings. The molecule has 1 saturated carbocycles. The number of allylic oxidation sites excluding steroid dienone is 1. The van der Waals surface area contributed by atoms with Gasteiger partial charge in [0.1, 0.15) is 11.0 Å². The summed E-state index contributed by atoms with van der Waals surface area (Å²) in [7, 11) is -0.962. The van der Waals surface area contributed by atoms with Crippen molar-refractivity contribution in [3.63, 3.8) is 0 Å². The lowest BCUT2D eigenvalue weighted by molar-refractivity contribution is 0.0456. The number of aliphatic hydroxyl groups is 1. The number of carbonyl (C=O) groups excluding carboxylic acids is 1. The molecule has 1 aliphatic heterocycles. The van der Waals surface area contributed by atoms with Crippen molar-refractivity contribution in [2.75, 3.05) is 45.4 Å². The first-order valence-electron chi connectivity index (χ1n) is 14.8. The van der Waals surface area contributed by atoms with Crippen LogP contribution in [0.5, 0.6) is 5.75 Å². The number of esters is 1. The fourth-order valence-electron chi connectivity index (χ4n) is 6.91. The minimum atomic E-state index is -3.76. The minimum absolute atomic E-state index is 0.00753. The van der Waals surface area contributed by atoms with E-state index in [1.165, 1.54) is 25.3 Å². The number of aliphatic hydroxyl groups excluding tert-OH is 1. The number of hydrogen-bond acceptors (Lipinski definition) is 8. The van der Waals surface area contributed by atoms with Gasteiger partial charge in [0.2, 0.25) is 10.0 Å². The van der Waals surface area contributed by atoms with Gasteiger partial charge < -0.3 is 24.2 Å². The summed E-state index contributed by atoms with van der Waals surface area (Å²) in [5.41, 5.74) is 3.53. The highest BCUT2D eigenvalue weighted by Gasteiger charge is 2.44. The van der Waals surface area contributed by atoms with Crippen LogP contribution in [0.1, 0.15) is 53.6 Å². The molecule has 0 radical (unpaired) electrons. The molecular weight excluding hydrogens is 592 g/mol. The van der Waals surface area contributed by atoms with Gasteiger partial charge in [0.25, 0.3) is 0 Å². The number of carbonyl (C=O) groups is 1. The van der Waals surface area contributed by atoms with Crippen LogP contribution in [0.15, 0.2) is 48.6 Å². The molecule has 5 atom stereocenters. The first kappa shape index (κ1) is 31.8. The number of fused-ring (bicyclic) bond motifs is 3. The first-order valence-corrected chi connectivity index (χ1v) is 16.8. The van der Waals surface area contributed by atoms with Gasteiger partial charge in [-0.15, -0.1) is 0 Å². The highest BCUT2D eigenvalue weighted by atomic mass is 35.5. The van der Waals surface area contributed by atoms with Crippen molar-refractivity contribution in [3.8, 4) is 5.75 Å². The summed E-state index contributed by atoms with van der Waals surface area (Å²) >= 11 is 6.37. The van der Waals surface area contributed by atoms with Crippen LogP contribution in [0.25, 0.3) is 0 Å². The van der Waals surface area contributed by atoms with E-state index in [1.807, 2.05) is 18.2 Å². The van der Waals surface area contributed by atoms with E-state index in [0.717, 1.165) is 42.8 Å². The number of hydrogen-bond donors (Lipinski definition) is 2. The summed E-state index contributed by atoms with van der Waals surface area (Å²) in [6, 6.07) is 11.6. The van der Waals surface area contributed by atoms with Gasteiger partial charge in [-0.25, -0.2) is 18.4 Å². The Morgan fingerprint density at radius 3 is 2.77 bits per heavy atom. The minimum Gasteiger partial charge on any atom is -0.490 e. The molecule has 0 saturated heterocycles. The third-order valence-electron chi connectivity index (χ3n) is 9.38. The normalized spacial score (nSPS) is 24.8. The van der Waals surface area contributed by atoms with E-state index in [1.54, 1.807) is 18.2 Å². The molecule has 1 heterocycles. The largest absolute Gasteiger partial charge is 0.490 e. The second-order valence-corrected chi connectivity index (χ2v) is 14.4. The van der Waals surface area contributed by atoms with Gasteiger partial charge in [-0.1, -0.05) is 29.8 Å². The van der Waals surface area contributed by atoms with Crippen LogP contribution < -0.4 is 14.8 Å². The van der Waals surface area contributed by atoms with Crippen LogP contribution in [0.2, 0.25) is 5.02 Å². The first-order chi connectivity index (χ1) is 20.5. The second kappa shape index (κ2) is 13.2. The average Bonchev–Trinajstić information content (AvgIpc) is 3.10. The monoisotopic (exact) mass is 632 g/mol. The fraction of sp³-hybridized carbons (Fsp3) is 0.531. The molecule has 234 valence electrons. The van der Waals surface area contributed by atoms with Crippen LogP contribution in [0, 0.1) is 11.8 Å². The van der Waals surface area contributed by atoms with Gasteiger partial charge in [0, 0.05) is 30.6 Å². The third kappa shape index (κ3) is 6.88. The number of rotatable bonds is 10. The molecule has 0 bridgehead atoms. The van der Waals surface area contributed by atoms with E-state index in [0.29, 0.717) is 31.0 Å². The smallest absolute Gasteiger partial charge is 0.337 e. The number of nitrogens with two attached hydrogens (primary N) is 1. The van der Waals surface area contributed by atoms with Crippen LogP contribution in [0.4, 0.5) is 5.69 Å². The van der Waals surface area contributed by atoms with Gasteiger partial charge in [-0.3, -0.25) is 0 Å². The molecule has 11 heteroatoms. The molecule has 2 aliphatic carbocycles. The van der Waals surface area contributed by atoms with Crippen molar-refractivity contribution in [1.82, 2.24) is 0 Å². The average molecular weight is 633 g/mol. The Balaban J connectivity index is 1.40. The number of benzene rings is 2. The molecule has 1 spiro atoms. The highest BCUT2D eigenvalue weighted by molar-refractivity contribution is 7.89. The van der Waals surface area contributed by atoms with Crippen LogP contribution in [-0.4, -0.2) is 71.4 Å². The van der Waals surface area contributed by atoms with Gasteiger partial charge in [-0.05, 0) is 91.8 Å². The molecule has 0 unspecified atom stereocenters. The molecule has 3 aliphatic rings. The number of halogens is 1. The Labute approximate surface area is 259 Å². The number of anilines is 1. The third-order valence-corrected chi connectivity index (χ3v) is 10.9. The predicted octanol–water partition coefficient (Wildman–Crippen LogP) is 4.24. The summed E-state index contributed by atoms with van der Waals surface area (Å²) in [5.74, 6) is 0.504. The number of aryl methyl sites for hydroxylation is 1. The molecule has 9 nitrogen and oxygen atoms in total. The molecule has 0 aromatic heterocycles. The molecule has 3 N–H and O–H groups in total. The number of methoxy groups -OCH3 is 2. The Hall–Kier alpha value is -2.63. The Kier molecular flexibility index (Phi) is 9.73. The van der Waals surface area contributed by atoms with Gasteiger partial charge in [0.05, 0.1) is 37.7 Å². The van der Waals surface area contributed by atoms with Crippen molar-refractivity contribution >= 4 is 33.3 Å². The summed E-state index contributed by atoms with van der Waals surface area (Å²) in [6.45, 7) is 1.87. The highest BCUT2D eigenvalue weighted by Crippen LogP contribution is 2.46. The summed E-state index contributed by atoms with van der Waals surface area (Å²) in [5, 5.41) is 16.3. The fourth-order valence-corrected chi connectivity index (χ4v) is 7.81. The number of ether oxygens (including phenoxy) is 3. The van der Waals surface area contributed by atoms with E-state index < -0.39 is 27.3 Å². The van der Waals surface area contributed by atoms with Gasteiger partial charge >= 0.3 is 5.97 Å². The lowest BCUT2D eigenvalue weighted by atomic mass is 9.68. The van der Waals surface area contributed by atoms with E-state index in [2.05, 4.69) is 17.0 Å². The topological polar surface area (TPSA) is 128 Å². The summed E-state index contributed by atoms with van der Waals surface area (Å²) in [4.78, 5) is 14.8. The lowest BCUT2D eigenvalue weighted by Crippen LogP contribution is -2.49. The zero-order valence-corrected chi connectivity index (χ0v) is 26.3. The molecule has 0 amide bonds. The van der Waals surface area contributed by atoms with Gasteiger partial charge in [-0.2, -0.15) is 0 Å². The van der Waals surface area contributed by atoms with Crippen molar-refractivity contribution in [1.29, 1.82) is 0 Å². The molecule has 5 rings (SSSR count). The van der Waals surface area contributed by atoms with Crippen molar-refractivity contribution in [3.05, 3.63) is 70.3 Å². The number of nitrogens with zero attached hydrogens (tertiary/aromatic N) is 1. The van der Waals surface area contributed by atoms with E-state index >= 15 is 0 Å². The van der Waals surface area contributed by atoms with Crippen molar-refractivity contribution in [2.24, 2.45) is 17.0 Å². The van der Waals surface area contributed by atoms with E-state index in [9.17, 15) is 18.3 Å². The maximum atomic E-state index is 12.5. The number of primary sulfonamides is 1. The van der Waals surface area contributed by atoms with E-state index in [-0.39, 0.29) is 30.3 Å². The zero-order chi connectivity index (χ0) is 30.8. The van der Waals surface area contributed by atoms with Crippen LogP contribution in [-0.2, 0) is 31.3 Å².